The second kappa shape index (κ2) is 7.92. The second-order valence-corrected chi connectivity index (χ2v) is 7.76. The van der Waals surface area contributed by atoms with Gasteiger partial charge in [0.05, 0.1) is 0 Å². The molecule has 0 bridgehead atoms. The number of rotatable bonds is 4. The molecule has 6 nitrogen and oxygen atoms in total. The quantitative estimate of drug-likeness (QED) is 0.769. The maximum atomic E-state index is 12.2. The minimum Gasteiger partial charge on any atom is -0.508 e. The first-order valence-corrected chi connectivity index (χ1v) is 9.47. The van der Waals surface area contributed by atoms with Gasteiger partial charge in [0.2, 0.25) is 5.91 Å². The van der Waals surface area contributed by atoms with E-state index in [-0.39, 0.29) is 24.0 Å². The molecule has 0 aliphatic carbocycles. The fraction of sp³-hybridized carbons (Fsp3) is 0.167. The highest BCUT2D eigenvalue weighted by molar-refractivity contribution is 9.10. The number of hydrogen-bond acceptors (Lipinski definition) is 5. The van der Waals surface area contributed by atoms with Crippen LogP contribution in [0.15, 0.2) is 58.0 Å². The number of thioether (sulfide) groups is 1. The Hall–Kier alpha value is -2.32. The summed E-state index contributed by atoms with van der Waals surface area (Å²) < 4.78 is 0.923. The van der Waals surface area contributed by atoms with Gasteiger partial charge >= 0.3 is 0 Å². The molecule has 2 aromatic rings. The highest BCUT2D eigenvalue weighted by atomic mass is 79.9. The highest BCUT2D eigenvalue weighted by Crippen LogP contribution is 2.30. The predicted molar refractivity (Wildman–Crippen MR) is 108 cm³/mol. The third-order valence-electron chi connectivity index (χ3n) is 3.75. The Morgan fingerprint density at radius 3 is 2.54 bits per heavy atom. The van der Waals surface area contributed by atoms with Crippen LogP contribution in [-0.2, 0) is 9.59 Å². The van der Waals surface area contributed by atoms with Crippen LogP contribution in [0.3, 0.4) is 0 Å². The van der Waals surface area contributed by atoms with Crippen LogP contribution in [0, 0.1) is 0 Å². The van der Waals surface area contributed by atoms with Gasteiger partial charge in [0.1, 0.15) is 11.0 Å². The number of nitrogens with one attached hydrogen (secondary N) is 1. The van der Waals surface area contributed by atoms with Crippen molar-refractivity contribution in [3.8, 4) is 5.75 Å². The van der Waals surface area contributed by atoms with Gasteiger partial charge in [0, 0.05) is 29.3 Å². The zero-order valence-corrected chi connectivity index (χ0v) is 16.3. The first-order chi connectivity index (χ1) is 12.4. The number of aromatic hydroxyl groups is 1. The maximum Gasteiger partial charge on any atom is 0.262 e. The van der Waals surface area contributed by atoms with Crippen molar-refractivity contribution >= 4 is 56.0 Å². The predicted octanol–water partition coefficient (Wildman–Crippen LogP) is 3.62. The Labute approximate surface area is 163 Å². The Morgan fingerprint density at radius 1 is 1.23 bits per heavy atom. The Kier molecular flexibility index (Phi) is 5.63. The van der Waals surface area contributed by atoms with Gasteiger partial charge in [-0.2, -0.15) is 4.99 Å². The standard InChI is InChI=1S/C18H16BrN3O3S/c1-22(13-6-8-14(23)9-7-13)18-21-17(25)15(26-18)10-16(24)20-12-4-2-11(19)3-5-12/h2-9,15,23H,10H2,1H3,(H,20,24)/t15-/m0/s1. The number of carbonyl (C=O) groups is 2. The van der Waals surface area contributed by atoms with Crippen LogP contribution in [0.4, 0.5) is 11.4 Å². The van der Waals surface area contributed by atoms with E-state index in [0.717, 1.165) is 10.2 Å². The number of amides is 2. The average Bonchev–Trinajstić information content (AvgIpc) is 2.97. The third kappa shape index (κ3) is 4.44. The van der Waals surface area contributed by atoms with Gasteiger partial charge in [-0.1, -0.05) is 27.7 Å². The molecule has 0 unspecified atom stereocenters. The Bertz CT molecular complexity index is 853. The van der Waals surface area contributed by atoms with E-state index in [2.05, 4.69) is 26.2 Å². The molecule has 26 heavy (non-hydrogen) atoms. The molecule has 3 rings (SSSR count). The Morgan fingerprint density at radius 2 is 1.88 bits per heavy atom. The zero-order valence-electron chi connectivity index (χ0n) is 13.8. The minimum atomic E-state index is -0.542. The molecule has 1 aliphatic rings. The number of hydrogen-bond donors (Lipinski definition) is 2. The van der Waals surface area contributed by atoms with E-state index < -0.39 is 5.25 Å². The molecule has 0 spiro atoms. The van der Waals surface area contributed by atoms with Crippen molar-refractivity contribution in [2.45, 2.75) is 11.7 Å². The van der Waals surface area contributed by atoms with E-state index in [1.165, 1.54) is 11.8 Å². The summed E-state index contributed by atoms with van der Waals surface area (Å²) in [7, 11) is 1.79. The van der Waals surface area contributed by atoms with Crippen molar-refractivity contribution in [3.63, 3.8) is 0 Å². The number of aliphatic imine (C=N–C) groups is 1. The minimum absolute atomic E-state index is 0.0516. The topological polar surface area (TPSA) is 82.0 Å². The molecule has 0 fully saturated rings. The lowest BCUT2D eigenvalue weighted by Gasteiger charge is -2.18. The number of amidine groups is 1. The van der Waals surface area contributed by atoms with E-state index in [1.807, 2.05) is 12.1 Å². The highest BCUT2D eigenvalue weighted by Gasteiger charge is 2.32. The number of phenolic OH excluding ortho intramolecular Hbond substituents is 1. The lowest BCUT2D eigenvalue weighted by atomic mass is 10.2. The fourth-order valence-corrected chi connectivity index (χ4v) is 3.67. The lowest BCUT2D eigenvalue weighted by Crippen LogP contribution is -2.24. The van der Waals surface area contributed by atoms with Crippen molar-refractivity contribution in [1.29, 1.82) is 0 Å². The van der Waals surface area contributed by atoms with Crippen LogP contribution in [0.2, 0.25) is 0 Å². The average molecular weight is 434 g/mol. The molecular weight excluding hydrogens is 418 g/mol. The normalized spacial score (nSPS) is 16.3. The molecule has 0 radical (unpaired) electrons. The van der Waals surface area contributed by atoms with Crippen molar-refractivity contribution in [2.24, 2.45) is 4.99 Å². The monoisotopic (exact) mass is 433 g/mol. The zero-order chi connectivity index (χ0) is 18.7. The van der Waals surface area contributed by atoms with Gasteiger partial charge in [-0.05, 0) is 48.5 Å². The van der Waals surface area contributed by atoms with Crippen LogP contribution in [0.25, 0.3) is 0 Å². The van der Waals surface area contributed by atoms with E-state index in [0.29, 0.717) is 10.9 Å². The van der Waals surface area contributed by atoms with Crippen molar-refractivity contribution in [3.05, 3.63) is 53.0 Å². The van der Waals surface area contributed by atoms with Crippen LogP contribution in [-0.4, -0.2) is 34.4 Å². The summed E-state index contributed by atoms with van der Waals surface area (Å²) in [6.45, 7) is 0. The van der Waals surface area contributed by atoms with E-state index in [4.69, 9.17) is 0 Å². The molecule has 2 N–H and O–H groups in total. The van der Waals surface area contributed by atoms with Crippen LogP contribution < -0.4 is 10.2 Å². The molecule has 2 aromatic carbocycles. The van der Waals surface area contributed by atoms with Gasteiger partial charge in [-0.3, -0.25) is 9.59 Å². The summed E-state index contributed by atoms with van der Waals surface area (Å²) in [4.78, 5) is 30.2. The van der Waals surface area contributed by atoms with Crippen molar-refractivity contribution in [1.82, 2.24) is 0 Å². The third-order valence-corrected chi connectivity index (χ3v) is 5.51. The van der Waals surface area contributed by atoms with Crippen molar-refractivity contribution in [2.75, 3.05) is 17.3 Å². The number of carbonyl (C=O) groups excluding carboxylic acids is 2. The first kappa shape index (κ1) is 18.5. The largest absolute Gasteiger partial charge is 0.508 e. The fourth-order valence-electron chi connectivity index (χ4n) is 2.35. The molecule has 134 valence electrons. The smallest absolute Gasteiger partial charge is 0.262 e. The van der Waals surface area contributed by atoms with Crippen LogP contribution in [0.1, 0.15) is 6.42 Å². The van der Waals surface area contributed by atoms with Gasteiger partial charge in [0.25, 0.3) is 5.91 Å². The molecule has 0 aromatic heterocycles. The SMILES string of the molecule is CN(C1=NC(=O)[C@H](CC(=O)Nc2ccc(Br)cc2)S1)c1ccc(O)cc1. The van der Waals surface area contributed by atoms with Crippen LogP contribution >= 0.6 is 27.7 Å². The van der Waals surface area contributed by atoms with Crippen LogP contribution in [0.5, 0.6) is 5.75 Å². The molecule has 1 aliphatic heterocycles. The molecule has 1 atom stereocenters. The Balaban J connectivity index is 1.59. The van der Waals surface area contributed by atoms with Gasteiger partial charge in [-0.15, -0.1) is 0 Å². The molecule has 2 amide bonds. The van der Waals surface area contributed by atoms with E-state index in [1.54, 1.807) is 48.3 Å². The van der Waals surface area contributed by atoms with E-state index in [9.17, 15) is 14.7 Å². The summed E-state index contributed by atoms with van der Waals surface area (Å²) in [5, 5.41) is 12.1. The first-order valence-electron chi connectivity index (χ1n) is 7.80. The molecule has 0 saturated carbocycles. The number of halogens is 1. The summed E-state index contributed by atoms with van der Waals surface area (Å²) in [6.07, 6.45) is 0.0516. The summed E-state index contributed by atoms with van der Waals surface area (Å²) in [6, 6.07) is 13.8. The second-order valence-electron chi connectivity index (χ2n) is 5.67. The van der Waals surface area contributed by atoms with Gasteiger partial charge in [-0.25, -0.2) is 0 Å². The summed E-state index contributed by atoms with van der Waals surface area (Å²) >= 11 is 4.60. The summed E-state index contributed by atoms with van der Waals surface area (Å²) in [5.41, 5.74) is 1.47. The van der Waals surface area contributed by atoms with E-state index >= 15 is 0 Å². The molecule has 1 heterocycles. The molecule has 8 heteroatoms. The maximum absolute atomic E-state index is 12.2. The number of benzene rings is 2. The van der Waals surface area contributed by atoms with Gasteiger partial charge < -0.3 is 15.3 Å². The van der Waals surface area contributed by atoms with Crippen molar-refractivity contribution < 1.29 is 14.7 Å². The van der Waals surface area contributed by atoms with Gasteiger partial charge in [0.15, 0.2) is 5.17 Å². The number of anilines is 2. The molecular formula is C18H16BrN3O3S. The lowest BCUT2D eigenvalue weighted by molar-refractivity contribution is -0.121. The molecule has 0 saturated heterocycles. The number of nitrogens with zero attached hydrogens (tertiary/aromatic N) is 2. The number of phenols is 1. The summed E-state index contributed by atoms with van der Waals surface area (Å²) in [5.74, 6) is -0.384.